The molecule has 3 rings (SSSR count). The summed E-state index contributed by atoms with van der Waals surface area (Å²) in [6.07, 6.45) is 9.55. The van der Waals surface area contributed by atoms with Crippen LogP contribution >= 0.6 is 0 Å². The topological polar surface area (TPSA) is 294 Å². The minimum Gasteiger partial charge on any atom is -0.493 e. The van der Waals surface area contributed by atoms with Gasteiger partial charge < -0.3 is 63.7 Å². The van der Waals surface area contributed by atoms with E-state index in [1.807, 2.05) is 41.5 Å². The van der Waals surface area contributed by atoms with Crippen LogP contribution in [0.2, 0.25) is 0 Å². The van der Waals surface area contributed by atoms with Gasteiger partial charge in [0.1, 0.15) is 29.3 Å². The number of nitrogens with one attached hydrogen (secondary N) is 5. The van der Waals surface area contributed by atoms with Gasteiger partial charge in [0.15, 0.2) is 0 Å². The molecule has 404 valence electrons. The molecule has 0 radical (unpaired) electrons. The van der Waals surface area contributed by atoms with Gasteiger partial charge >= 0.3 is 0 Å². The Hall–Kier alpha value is -6.24. The quantitative estimate of drug-likeness (QED) is 0.0257. The molecule has 6 amide bonds. The number of carbonyl (C=O) groups is 6. The number of primary amides is 1. The maximum atomic E-state index is 14.4. The molecular formula is C55H85N9O9. The Morgan fingerprint density at radius 1 is 0.479 bits per heavy atom. The van der Waals surface area contributed by atoms with E-state index in [0.29, 0.717) is 57.0 Å². The van der Waals surface area contributed by atoms with Crippen LogP contribution in [0.5, 0.6) is 17.2 Å². The first-order chi connectivity index (χ1) is 34.9. The summed E-state index contributed by atoms with van der Waals surface area (Å²) in [6.45, 7) is 15.8. The van der Waals surface area contributed by atoms with Crippen LogP contribution < -0.4 is 63.7 Å². The highest BCUT2D eigenvalue weighted by Gasteiger charge is 2.28. The Kier molecular flexibility index (Phi) is 27.4. The van der Waals surface area contributed by atoms with Gasteiger partial charge in [0.25, 0.3) is 17.7 Å². The summed E-state index contributed by atoms with van der Waals surface area (Å²) < 4.78 is 18.1. The van der Waals surface area contributed by atoms with Gasteiger partial charge in [-0.3, -0.25) is 28.8 Å². The summed E-state index contributed by atoms with van der Waals surface area (Å²) in [5.41, 5.74) is 24.4. The molecule has 0 aliphatic carbocycles. The molecule has 3 aromatic carbocycles. The number of rotatable bonds is 35. The molecule has 0 saturated heterocycles. The van der Waals surface area contributed by atoms with Crippen molar-refractivity contribution >= 4 is 52.5 Å². The van der Waals surface area contributed by atoms with Crippen molar-refractivity contribution in [2.75, 3.05) is 48.9 Å². The Bertz CT molecular complexity index is 2240. The van der Waals surface area contributed by atoms with Crippen LogP contribution in [0.1, 0.15) is 163 Å². The zero-order chi connectivity index (χ0) is 53.9. The number of benzene rings is 3. The standard InChI is InChI=1S/C55H85N9O9/c1-8-9-10-15-26-71-47-21-18-38(32-41(47)50(59)65)61-54(69)45(30-36(4)5)63-52(67)43-34-40(20-23-49(43)73-28-17-12-14-25-57)62-55(70)46(31-37(6)7)64-51(66)42-33-39(60-53(68)44(58)29-35(2)3)19-22-48(42)72-27-16-11-13-24-56/h18-23,32-37,44-46H,8-17,24-31,56-58H2,1-7H3,(H2,59,65)(H,60,68)(H,61,69)(H,62,70)(H,63,67)(H,64,66)/t44-,45-,46+/m0/s1. The number of hydrogen-bond donors (Lipinski definition) is 9. The Balaban J connectivity index is 1.93. The van der Waals surface area contributed by atoms with E-state index in [9.17, 15) is 28.8 Å². The molecule has 0 heterocycles. The van der Waals surface area contributed by atoms with E-state index in [0.717, 1.165) is 51.4 Å². The smallest absolute Gasteiger partial charge is 0.255 e. The van der Waals surface area contributed by atoms with E-state index < -0.39 is 53.6 Å². The summed E-state index contributed by atoms with van der Waals surface area (Å²) in [7, 11) is 0. The molecule has 0 aromatic heterocycles. The van der Waals surface area contributed by atoms with Crippen LogP contribution in [0.3, 0.4) is 0 Å². The van der Waals surface area contributed by atoms with Crippen LogP contribution in [0.15, 0.2) is 54.6 Å². The Morgan fingerprint density at radius 2 is 0.836 bits per heavy atom. The van der Waals surface area contributed by atoms with Crippen molar-refractivity contribution in [3.05, 3.63) is 71.3 Å². The first-order valence-electron chi connectivity index (χ1n) is 26.2. The molecule has 0 unspecified atom stereocenters. The lowest BCUT2D eigenvalue weighted by Crippen LogP contribution is -2.45. The van der Waals surface area contributed by atoms with Crippen molar-refractivity contribution in [2.24, 2.45) is 40.7 Å². The summed E-state index contributed by atoms with van der Waals surface area (Å²) in [6, 6.07) is 11.2. The minimum absolute atomic E-state index is 0.0316. The molecule has 0 saturated carbocycles. The van der Waals surface area contributed by atoms with Crippen molar-refractivity contribution in [1.82, 2.24) is 10.6 Å². The third-order valence-corrected chi connectivity index (χ3v) is 11.7. The van der Waals surface area contributed by atoms with Crippen LogP contribution in [0, 0.1) is 17.8 Å². The zero-order valence-corrected chi connectivity index (χ0v) is 44.4. The second-order valence-electron chi connectivity index (χ2n) is 19.8. The molecule has 13 N–H and O–H groups in total. The molecule has 0 bridgehead atoms. The lowest BCUT2D eigenvalue weighted by molar-refractivity contribution is -0.119. The zero-order valence-electron chi connectivity index (χ0n) is 44.4. The average Bonchev–Trinajstić information content (AvgIpc) is 3.33. The molecule has 3 atom stereocenters. The fourth-order valence-corrected chi connectivity index (χ4v) is 7.86. The summed E-state index contributed by atoms with van der Waals surface area (Å²) in [4.78, 5) is 82.3. The van der Waals surface area contributed by atoms with Crippen molar-refractivity contribution in [3.8, 4) is 17.2 Å². The second-order valence-corrected chi connectivity index (χ2v) is 19.8. The van der Waals surface area contributed by atoms with E-state index in [1.165, 1.54) is 18.2 Å². The predicted molar refractivity (Wildman–Crippen MR) is 289 cm³/mol. The van der Waals surface area contributed by atoms with Crippen LogP contribution in [-0.4, -0.2) is 86.5 Å². The van der Waals surface area contributed by atoms with Crippen molar-refractivity contribution in [3.63, 3.8) is 0 Å². The minimum atomic E-state index is -1.06. The maximum absolute atomic E-state index is 14.4. The van der Waals surface area contributed by atoms with Crippen molar-refractivity contribution in [1.29, 1.82) is 0 Å². The van der Waals surface area contributed by atoms with Crippen LogP contribution in [-0.2, 0) is 14.4 Å². The summed E-state index contributed by atoms with van der Waals surface area (Å²) in [5.74, 6) is -2.54. The monoisotopic (exact) mass is 1020 g/mol. The molecule has 0 aliphatic rings. The fourth-order valence-electron chi connectivity index (χ4n) is 7.86. The van der Waals surface area contributed by atoms with E-state index in [2.05, 4.69) is 33.5 Å². The van der Waals surface area contributed by atoms with E-state index in [-0.39, 0.29) is 76.8 Å². The first-order valence-corrected chi connectivity index (χ1v) is 26.2. The SMILES string of the molecule is CCCCCCOc1ccc(NC(=O)[C@H](CC(C)C)NC(=O)c2cc(NC(=O)[C@@H](CC(C)C)NC(=O)c3cc(NC(=O)[C@@H](N)CC(C)C)ccc3OCCCCCN)ccc2OCCCCCN)cc1C(N)=O. The number of ether oxygens (including phenoxy) is 3. The number of hydrogen-bond acceptors (Lipinski definition) is 12. The van der Waals surface area contributed by atoms with Crippen molar-refractivity contribution < 1.29 is 43.0 Å². The van der Waals surface area contributed by atoms with Gasteiger partial charge in [-0.25, -0.2) is 0 Å². The second kappa shape index (κ2) is 32.8. The lowest BCUT2D eigenvalue weighted by Gasteiger charge is -2.23. The van der Waals surface area contributed by atoms with Crippen LogP contribution in [0.25, 0.3) is 0 Å². The normalized spacial score (nSPS) is 12.5. The molecule has 3 aromatic rings. The van der Waals surface area contributed by atoms with Gasteiger partial charge in [-0.1, -0.05) is 67.7 Å². The molecule has 0 spiro atoms. The predicted octanol–water partition coefficient (Wildman–Crippen LogP) is 7.64. The first kappa shape index (κ1) is 61.1. The van der Waals surface area contributed by atoms with Crippen molar-refractivity contribution in [2.45, 2.75) is 150 Å². The van der Waals surface area contributed by atoms with Gasteiger partial charge in [-0.2, -0.15) is 0 Å². The maximum Gasteiger partial charge on any atom is 0.255 e. The average molecular weight is 1020 g/mol. The fraction of sp³-hybridized carbons (Fsp3) is 0.564. The molecule has 18 nitrogen and oxygen atoms in total. The third-order valence-electron chi connectivity index (χ3n) is 11.7. The van der Waals surface area contributed by atoms with Gasteiger partial charge in [0.05, 0.1) is 42.6 Å². The van der Waals surface area contributed by atoms with Gasteiger partial charge in [0.2, 0.25) is 17.7 Å². The number of unbranched alkanes of at least 4 members (excludes halogenated alkanes) is 7. The van der Waals surface area contributed by atoms with Crippen LogP contribution in [0.4, 0.5) is 17.1 Å². The van der Waals surface area contributed by atoms with E-state index in [4.69, 9.17) is 37.1 Å². The van der Waals surface area contributed by atoms with E-state index >= 15 is 0 Å². The highest BCUT2D eigenvalue weighted by Crippen LogP contribution is 2.28. The lowest BCUT2D eigenvalue weighted by atomic mass is 10.0. The number of anilines is 3. The molecule has 0 fully saturated rings. The molecular weight excluding hydrogens is 931 g/mol. The molecule has 73 heavy (non-hydrogen) atoms. The van der Waals surface area contributed by atoms with Gasteiger partial charge in [-0.05, 0) is 150 Å². The van der Waals surface area contributed by atoms with Gasteiger partial charge in [0, 0.05) is 17.1 Å². The Morgan fingerprint density at radius 3 is 1.19 bits per heavy atom. The number of amides is 6. The van der Waals surface area contributed by atoms with E-state index in [1.54, 1.807) is 36.4 Å². The summed E-state index contributed by atoms with van der Waals surface area (Å²) >= 11 is 0. The number of carbonyl (C=O) groups excluding carboxylic acids is 6. The molecule has 18 heteroatoms. The summed E-state index contributed by atoms with van der Waals surface area (Å²) in [5, 5.41) is 14.3. The number of nitrogens with two attached hydrogens (primary N) is 4. The highest BCUT2D eigenvalue weighted by molar-refractivity contribution is 6.06. The highest BCUT2D eigenvalue weighted by atomic mass is 16.5. The Labute approximate surface area is 432 Å². The van der Waals surface area contributed by atoms with Gasteiger partial charge in [-0.15, -0.1) is 0 Å². The largest absolute Gasteiger partial charge is 0.493 e. The third kappa shape index (κ3) is 22.2. The molecule has 0 aliphatic heterocycles.